The number of rotatable bonds is 5. The van der Waals surface area contributed by atoms with E-state index in [9.17, 15) is 4.79 Å². The summed E-state index contributed by atoms with van der Waals surface area (Å²) < 4.78 is 5.40. The van der Waals surface area contributed by atoms with Crippen molar-refractivity contribution in [1.29, 1.82) is 0 Å². The zero-order valence-corrected chi connectivity index (χ0v) is 14.3. The SMILES string of the molecule is O=C(CCc1ccccc1Cl)Nc1ccccc1N1CCOCC1. The maximum Gasteiger partial charge on any atom is 0.224 e. The topological polar surface area (TPSA) is 41.6 Å². The molecule has 1 N–H and O–H groups in total. The van der Waals surface area contributed by atoms with E-state index >= 15 is 0 Å². The van der Waals surface area contributed by atoms with Gasteiger partial charge >= 0.3 is 0 Å². The minimum absolute atomic E-state index is 0.00405. The number of carbonyl (C=O) groups excluding carboxylic acids is 1. The van der Waals surface area contributed by atoms with E-state index in [2.05, 4.69) is 10.2 Å². The minimum Gasteiger partial charge on any atom is -0.378 e. The molecule has 0 radical (unpaired) electrons. The van der Waals surface area contributed by atoms with E-state index < -0.39 is 0 Å². The van der Waals surface area contributed by atoms with Gasteiger partial charge in [-0.15, -0.1) is 0 Å². The third-order valence-corrected chi connectivity index (χ3v) is 4.48. The number of ether oxygens (including phenoxy) is 1. The van der Waals surface area contributed by atoms with E-state index in [1.54, 1.807) is 0 Å². The number of nitrogens with one attached hydrogen (secondary N) is 1. The van der Waals surface area contributed by atoms with Crippen LogP contribution in [0.25, 0.3) is 0 Å². The van der Waals surface area contributed by atoms with Gasteiger partial charge in [-0.05, 0) is 30.2 Å². The number of carbonyl (C=O) groups is 1. The molecule has 1 fully saturated rings. The van der Waals surface area contributed by atoms with Crippen molar-refractivity contribution < 1.29 is 9.53 Å². The summed E-state index contributed by atoms with van der Waals surface area (Å²) in [7, 11) is 0. The molecule has 0 aliphatic carbocycles. The van der Waals surface area contributed by atoms with Crippen LogP contribution < -0.4 is 10.2 Å². The Bertz CT molecular complexity index is 699. The zero-order valence-electron chi connectivity index (χ0n) is 13.5. The van der Waals surface area contributed by atoms with Crippen LogP contribution in [0.4, 0.5) is 11.4 Å². The van der Waals surface area contributed by atoms with Crippen LogP contribution in [0, 0.1) is 0 Å². The average Bonchev–Trinajstić information content (AvgIpc) is 2.62. The number of amides is 1. The van der Waals surface area contributed by atoms with Crippen LogP contribution in [0.3, 0.4) is 0 Å². The minimum atomic E-state index is -0.00405. The van der Waals surface area contributed by atoms with Crippen LogP contribution in [-0.2, 0) is 16.0 Å². The van der Waals surface area contributed by atoms with E-state index in [1.807, 2.05) is 48.5 Å². The second-order valence-electron chi connectivity index (χ2n) is 5.76. The van der Waals surface area contributed by atoms with Crippen LogP contribution in [-0.4, -0.2) is 32.2 Å². The molecule has 0 saturated carbocycles. The third-order valence-electron chi connectivity index (χ3n) is 4.11. The standard InChI is InChI=1S/C19H21ClN2O2/c20-16-6-2-1-5-15(16)9-10-19(23)21-17-7-3-4-8-18(17)22-11-13-24-14-12-22/h1-8H,9-14H2,(H,21,23). The van der Waals surface area contributed by atoms with Crippen molar-refractivity contribution in [2.45, 2.75) is 12.8 Å². The van der Waals surface area contributed by atoms with Gasteiger partial charge in [0, 0.05) is 24.5 Å². The van der Waals surface area contributed by atoms with Gasteiger partial charge in [0.1, 0.15) is 0 Å². The van der Waals surface area contributed by atoms with Gasteiger partial charge in [0.2, 0.25) is 5.91 Å². The molecule has 2 aromatic carbocycles. The van der Waals surface area contributed by atoms with Gasteiger partial charge in [0.15, 0.2) is 0 Å². The Morgan fingerprint density at radius 3 is 2.58 bits per heavy atom. The van der Waals surface area contributed by atoms with Crippen LogP contribution >= 0.6 is 11.6 Å². The normalized spacial score (nSPS) is 14.5. The summed E-state index contributed by atoms with van der Waals surface area (Å²) in [6.07, 6.45) is 1.03. The fourth-order valence-corrected chi connectivity index (χ4v) is 3.05. The number of morpholine rings is 1. The quantitative estimate of drug-likeness (QED) is 0.898. The maximum absolute atomic E-state index is 12.3. The Morgan fingerprint density at radius 1 is 1.08 bits per heavy atom. The predicted molar refractivity (Wildman–Crippen MR) is 97.9 cm³/mol. The van der Waals surface area contributed by atoms with Gasteiger partial charge < -0.3 is 15.0 Å². The fraction of sp³-hybridized carbons (Fsp3) is 0.316. The molecule has 0 spiro atoms. The van der Waals surface area contributed by atoms with Gasteiger partial charge in [-0.1, -0.05) is 41.9 Å². The Hall–Kier alpha value is -2.04. The van der Waals surface area contributed by atoms with Gasteiger partial charge in [0.25, 0.3) is 0 Å². The highest BCUT2D eigenvalue weighted by molar-refractivity contribution is 6.31. The summed E-state index contributed by atoms with van der Waals surface area (Å²) in [5.74, 6) is -0.00405. The lowest BCUT2D eigenvalue weighted by molar-refractivity contribution is -0.116. The molecule has 1 amide bonds. The van der Waals surface area contributed by atoms with Crippen LogP contribution in [0.2, 0.25) is 5.02 Å². The largest absolute Gasteiger partial charge is 0.378 e. The van der Waals surface area contributed by atoms with Crippen molar-refractivity contribution in [3.8, 4) is 0 Å². The Morgan fingerprint density at radius 2 is 1.79 bits per heavy atom. The van der Waals surface area contributed by atoms with Crippen LogP contribution in [0.1, 0.15) is 12.0 Å². The lowest BCUT2D eigenvalue weighted by atomic mass is 10.1. The Kier molecular flexibility index (Phi) is 5.72. The maximum atomic E-state index is 12.3. The van der Waals surface area contributed by atoms with Crippen LogP contribution in [0.5, 0.6) is 0 Å². The molecule has 4 nitrogen and oxygen atoms in total. The number of para-hydroxylation sites is 2. The molecule has 0 bridgehead atoms. The molecular weight excluding hydrogens is 324 g/mol. The second kappa shape index (κ2) is 8.18. The highest BCUT2D eigenvalue weighted by Gasteiger charge is 2.15. The number of anilines is 2. The number of benzene rings is 2. The molecular formula is C19H21ClN2O2. The first-order chi connectivity index (χ1) is 11.7. The van der Waals surface area contributed by atoms with E-state index in [-0.39, 0.29) is 5.91 Å². The molecule has 24 heavy (non-hydrogen) atoms. The van der Waals surface area contributed by atoms with Crippen molar-refractivity contribution in [3.63, 3.8) is 0 Å². The molecule has 126 valence electrons. The summed E-state index contributed by atoms with van der Waals surface area (Å²) in [4.78, 5) is 14.6. The molecule has 5 heteroatoms. The molecule has 1 heterocycles. The molecule has 1 aliphatic rings. The summed E-state index contributed by atoms with van der Waals surface area (Å²) >= 11 is 6.14. The molecule has 3 rings (SSSR count). The van der Waals surface area contributed by atoms with Crippen LogP contribution in [0.15, 0.2) is 48.5 Å². The van der Waals surface area contributed by atoms with Crippen molar-refractivity contribution >= 4 is 28.9 Å². The van der Waals surface area contributed by atoms with Crippen molar-refractivity contribution in [3.05, 3.63) is 59.1 Å². The lowest BCUT2D eigenvalue weighted by Crippen LogP contribution is -2.36. The van der Waals surface area contributed by atoms with Gasteiger partial charge in [-0.2, -0.15) is 0 Å². The molecule has 0 aromatic heterocycles. The van der Waals surface area contributed by atoms with E-state index in [0.717, 1.165) is 43.2 Å². The van der Waals surface area contributed by atoms with Crippen molar-refractivity contribution in [2.75, 3.05) is 36.5 Å². The highest BCUT2D eigenvalue weighted by atomic mass is 35.5. The van der Waals surface area contributed by atoms with Gasteiger partial charge in [-0.3, -0.25) is 4.79 Å². The smallest absolute Gasteiger partial charge is 0.224 e. The summed E-state index contributed by atoms with van der Waals surface area (Å²) in [6, 6.07) is 15.5. The monoisotopic (exact) mass is 344 g/mol. The zero-order chi connectivity index (χ0) is 16.8. The molecule has 1 aliphatic heterocycles. The number of hydrogen-bond acceptors (Lipinski definition) is 3. The van der Waals surface area contributed by atoms with E-state index in [4.69, 9.17) is 16.3 Å². The summed E-state index contributed by atoms with van der Waals surface area (Å²) in [6.45, 7) is 3.11. The number of halogens is 1. The lowest BCUT2D eigenvalue weighted by Gasteiger charge is -2.30. The first kappa shape index (κ1) is 16.8. The van der Waals surface area contributed by atoms with Crippen molar-refractivity contribution in [2.24, 2.45) is 0 Å². The molecule has 1 saturated heterocycles. The second-order valence-corrected chi connectivity index (χ2v) is 6.16. The highest BCUT2D eigenvalue weighted by Crippen LogP contribution is 2.26. The number of nitrogens with zero attached hydrogens (tertiary/aromatic N) is 1. The van der Waals surface area contributed by atoms with Gasteiger partial charge in [0.05, 0.1) is 24.6 Å². The average molecular weight is 345 g/mol. The Balaban J connectivity index is 1.63. The first-order valence-corrected chi connectivity index (χ1v) is 8.57. The summed E-state index contributed by atoms with van der Waals surface area (Å²) in [5.41, 5.74) is 2.89. The molecule has 0 atom stereocenters. The number of hydrogen-bond donors (Lipinski definition) is 1. The van der Waals surface area contributed by atoms with E-state index in [0.29, 0.717) is 17.9 Å². The predicted octanol–water partition coefficient (Wildman–Crippen LogP) is 3.75. The van der Waals surface area contributed by atoms with Crippen molar-refractivity contribution in [1.82, 2.24) is 0 Å². The summed E-state index contributed by atoms with van der Waals surface area (Å²) in [5, 5.41) is 3.74. The Labute approximate surface area is 147 Å². The molecule has 2 aromatic rings. The fourth-order valence-electron chi connectivity index (χ4n) is 2.82. The third kappa shape index (κ3) is 4.28. The van der Waals surface area contributed by atoms with Gasteiger partial charge in [-0.25, -0.2) is 0 Å². The number of aryl methyl sites for hydroxylation is 1. The molecule has 0 unspecified atom stereocenters. The van der Waals surface area contributed by atoms with E-state index in [1.165, 1.54) is 0 Å². The first-order valence-electron chi connectivity index (χ1n) is 8.19.